The molecule has 88 valence electrons. The predicted molar refractivity (Wildman–Crippen MR) is 65.8 cm³/mol. The highest BCUT2D eigenvalue weighted by molar-refractivity contribution is 5.33. The number of aromatic nitrogens is 2. The van der Waals surface area contributed by atoms with Crippen molar-refractivity contribution in [3.05, 3.63) is 17.5 Å². The van der Waals surface area contributed by atoms with E-state index in [2.05, 4.69) is 34.0 Å². The molecule has 0 unspecified atom stereocenters. The van der Waals surface area contributed by atoms with E-state index in [1.807, 2.05) is 6.20 Å². The van der Waals surface area contributed by atoms with Crippen LogP contribution in [0.15, 0.2) is 6.20 Å². The second kappa shape index (κ2) is 5.25. The van der Waals surface area contributed by atoms with Crippen molar-refractivity contribution < 1.29 is 0 Å². The van der Waals surface area contributed by atoms with E-state index < -0.39 is 0 Å². The molecular weight excluding hydrogens is 200 g/mol. The van der Waals surface area contributed by atoms with Crippen molar-refractivity contribution in [3.63, 3.8) is 0 Å². The van der Waals surface area contributed by atoms with Gasteiger partial charge in [-0.15, -0.1) is 0 Å². The van der Waals surface area contributed by atoms with E-state index in [1.54, 1.807) is 0 Å². The molecule has 0 amide bonds. The summed E-state index contributed by atoms with van der Waals surface area (Å²) in [6, 6.07) is 0. The molecule has 0 saturated carbocycles. The summed E-state index contributed by atoms with van der Waals surface area (Å²) in [5, 5.41) is 3.39. The van der Waals surface area contributed by atoms with Gasteiger partial charge in [0.25, 0.3) is 0 Å². The fourth-order valence-corrected chi connectivity index (χ4v) is 2.02. The van der Waals surface area contributed by atoms with E-state index >= 15 is 0 Å². The number of aryl methyl sites for hydroxylation is 2. The average Bonchev–Trinajstić information content (AvgIpc) is 2.58. The largest absolute Gasteiger partial charge is 0.339 e. The van der Waals surface area contributed by atoms with Crippen LogP contribution in [0, 0.1) is 6.92 Å². The molecule has 16 heavy (non-hydrogen) atoms. The number of rotatable bonds is 2. The quantitative estimate of drug-likeness (QED) is 0.811. The maximum atomic E-state index is 4.64. The van der Waals surface area contributed by atoms with Crippen molar-refractivity contribution >= 4 is 5.95 Å². The van der Waals surface area contributed by atoms with Gasteiger partial charge in [0.05, 0.1) is 0 Å². The summed E-state index contributed by atoms with van der Waals surface area (Å²) in [6.45, 7) is 8.41. The summed E-state index contributed by atoms with van der Waals surface area (Å²) in [6.07, 6.45) is 4.09. The Bertz CT molecular complexity index is 343. The van der Waals surface area contributed by atoms with Crippen LogP contribution in [0.2, 0.25) is 0 Å². The molecule has 0 aliphatic carbocycles. The monoisotopic (exact) mass is 220 g/mol. The lowest BCUT2D eigenvalue weighted by atomic mass is 10.2. The Morgan fingerprint density at radius 3 is 3.06 bits per heavy atom. The number of hydrogen-bond donors (Lipinski definition) is 1. The zero-order chi connectivity index (χ0) is 11.4. The Morgan fingerprint density at radius 1 is 1.38 bits per heavy atom. The lowest BCUT2D eigenvalue weighted by Crippen LogP contribution is -2.29. The summed E-state index contributed by atoms with van der Waals surface area (Å²) < 4.78 is 0. The Labute approximate surface area is 97.1 Å². The molecule has 1 N–H and O–H groups in total. The molecule has 1 aromatic heterocycles. The molecule has 2 rings (SSSR count). The summed E-state index contributed by atoms with van der Waals surface area (Å²) >= 11 is 0. The van der Waals surface area contributed by atoms with Crippen molar-refractivity contribution in [2.75, 3.05) is 31.1 Å². The van der Waals surface area contributed by atoms with Crippen LogP contribution in [0.3, 0.4) is 0 Å². The smallest absolute Gasteiger partial charge is 0.225 e. The first kappa shape index (κ1) is 11.3. The first-order valence-electron chi connectivity index (χ1n) is 6.09. The van der Waals surface area contributed by atoms with Crippen LogP contribution in [0.5, 0.6) is 0 Å². The van der Waals surface area contributed by atoms with Crippen molar-refractivity contribution in [2.45, 2.75) is 26.7 Å². The molecule has 1 fully saturated rings. The van der Waals surface area contributed by atoms with Gasteiger partial charge in [0.1, 0.15) is 0 Å². The van der Waals surface area contributed by atoms with Crippen LogP contribution < -0.4 is 10.2 Å². The summed E-state index contributed by atoms with van der Waals surface area (Å²) in [4.78, 5) is 11.4. The number of anilines is 1. The van der Waals surface area contributed by atoms with Crippen LogP contribution in [-0.2, 0) is 6.42 Å². The standard InChI is InChI=1S/C12H20N4/c1-3-11-10(2)9-14-12(15-11)16-7-4-5-13-6-8-16/h9,13H,3-8H2,1-2H3. The van der Waals surface area contributed by atoms with Crippen LogP contribution in [-0.4, -0.2) is 36.1 Å². The highest BCUT2D eigenvalue weighted by Crippen LogP contribution is 2.12. The van der Waals surface area contributed by atoms with Gasteiger partial charge in [0, 0.05) is 31.5 Å². The van der Waals surface area contributed by atoms with E-state index in [0.717, 1.165) is 38.5 Å². The Hall–Kier alpha value is -1.16. The summed E-state index contributed by atoms with van der Waals surface area (Å²) in [5.74, 6) is 0.895. The van der Waals surface area contributed by atoms with Crippen LogP contribution in [0.25, 0.3) is 0 Å². The number of nitrogens with one attached hydrogen (secondary N) is 1. The van der Waals surface area contributed by atoms with Crippen LogP contribution in [0.1, 0.15) is 24.6 Å². The molecule has 0 aromatic carbocycles. The van der Waals surface area contributed by atoms with Gasteiger partial charge in [-0.25, -0.2) is 9.97 Å². The minimum atomic E-state index is 0.895. The second-order valence-corrected chi connectivity index (χ2v) is 4.24. The maximum absolute atomic E-state index is 4.64. The molecule has 0 spiro atoms. The van der Waals surface area contributed by atoms with Gasteiger partial charge in [0.2, 0.25) is 5.95 Å². The van der Waals surface area contributed by atoms with E-state index in [1.165, 1.54) is 17.7 Å². The topological polar surface area (TPSA) is 41.1 Å². The first-order valence-corrected chi connectivity index (χ1v) is 6.09. The zero-order valence-corrected chi connectivity index (χ0v) is 10.2. The third-order valence-electron chi connectivity index (χ3n) is 3.02. The SMILES string of the molecule is CCc1nc(N2CCCNCC2)ncc1C. The van der Waals surface area contributed by atoms with Gasteiger partial charge in [-0.05, 0) is 31.9 Å². The molecule has 2 heterocycles. The Balaban J connectivity index is 2.18. The summed E-state index contributed by atoms with van der Waals surface area (Å²) in [5.41, 5.74) is 2.36. The normalized spacial score (nSPS) is 17.2. The van der Waals surface area contributed by atoms with Gasteiger partial charge in [-0.2, -0.15) is 0 Å². The number of hydrogen-bond acceptors (Lipinski definition) is 4. The van der Waals surface area contributed by atoms with Gasteiger partial charge in [0.15, 0.2) is 0 Å². The number of nitrogens with zero attached hydrogens (tertiary/aromatic N) is 3. The lowest BCUT2D eigenvalue weighted by molar-refractivity contribution is 0.724. The molecule has 1 aliphatic rings. The molecule has 0 bridgehead atoms. The van der Waals surface area contributed by atoms with Gasteiger partial charge in [-0.1, -0.05) is 6.92 Å². The van der Waals surface area contributed by atoms with E-state index in [9.17, 15) is 0 Å². The van der Waals surface area contributed by atoms with Crippen molar-refractivity contribution in [3.8, 4) is 0 Å². The maximum Gasteiger partial charge on any atom is 0.225 e. The van der Waals surface area contributed by atoms with E-state index in [-0.39, 0.29) is 0 Å². The minimum absolute atomic E-state index is 0.895. The Morgan fingerprint density at radius 2 is 2.25 bits per heavy atom. The lowest BCUT2D eigenvalue weighted by Gasteiger charge is -2.20. The average molecular weight is 220 g/mol. The zero-order valence-electron chi connectivity index (χ0n) is 10.2. The molecule has 0 radical (unpaired) electrons. The van der Waals surface area contributed by atoms with Crippen molar-refractivity contribution in [1.29, 1.82) is 0 Å². The molecule has 4 heteroatoms. The summed E-state index contributed by atoms with van der Waals surface area (Å²) in [7, 11) is 0. The highest BCUT2D eigenvalue weighted by Gasteiger charge is 2.12. The van der Waals surface area contributed by atoms with E-state index in [0.29, 0.717) is 0 Å². The highest BCUT2D eigenvalue weighted by atomic mass is 15.3. The minimum Gasteiger partial charge on any atom is -0.339 e. The third-order valence-corrected chi connectivity index (χ3v) is 3.02. The first-order chi connectivity index (χ1) is 7.81. The molecule has 1 aliphatic heterocycles. The second-order valence-electron chi connectivity index (χ2n) is 4.24. The fraction of sp³-hybridized carbons (Fsp3) is 0.667. The van der Waals surface area contributed by atoms with Gasteiger partial charge >= 0.3 is 0 Å². The third kappa shape index (κ3) is 2.50. The van der Waals surface area contributed by atoms with Gasteiger partial charge in [-0.3, -0.25) is 0 Å². The van der Waals surface area contributed by atoms with Crippen LogP contribution >= 0.6 is 0 Å². The Kier molecular flexibility index (Phi) is 3.72. The fourth-order valence-electron chi connectivity index (χ4n) is 2.02. The molecule has 0 atom stereocenters. The van der Waals surface area contributed by atoms with Crippen molar-refractivity contribution in [2.24, 2.45) is 0 Å². The van der Waals surface area contributed by atoms with E-state index in [4.69, 9.17) is 0 Å². The predicted octanol–water partition coefficient (Wildman–Crippen LogP) is 1.15. The molecular formula is C12H20N4. The van der Waals surface area contributed by atoms with Gasteiger partial charge < -0.3 is 10.2 Å². The molecule has 1 aromatic rings. The molecule has 4 nitrogen and oxygen atoms in total. The molecule has 1 saturated heterocycles. The van der Waals surface area contributed by atoms with Crippen LogP contribution in [0.4, 0.5) is 5.95 Å². The van der Waals surface area contributed by atoms with Crippen molar-refractivity contribution in [1.82, 2.24) is 15.3 Å².